The van der Waals surface area contributed by atoms with Crippen LogP contribution < -0.4 is 10.6 Å². The number of nitrogen functional groups attached to an aromatic ring is 1. The minimum absolute atomic E-state index is 0.833. The van der Waals surface area contributed by atoms with Crippen LogP contribution in [0.15, 0.2) is 0 Å². The minimum Gasteiger partial charge on any atom is -0.394 e. The van der Waals surface area contributed by atoms with Gasteiger partial charge in [-0.05, 0) is 25.7 Å². The zero-order valence-electron chi connectivity index (χ0n) is 10.5. The summed E-state index contributed by atoms with van der Waals surface area (Å²) in [6.07, 6.45) is 3.89. The third-order valence-corrected chi connectivity index (χ3v) is 3.52. The van der Waals surface area contributed by atoms with Gasteiger partial charge < -0.3 is 10.6 Å². The lowest BCUT2D eigenvalue weighted by atomic mass is 10.0. The van der Waals surface area contributed by atoms with Gasteiger partial charge in [-0.25, -0.2) is 0 Å². The lowest BCUT2D eigenvalue weighted by Crippen LogP contribution is -2.23. The van der Waals surface area contributed by atoms with Crippen LogP contribution in [0.1, 0.15) is 31.9 Å². The Balaban J connectivity index is 2.14. The van der Waals surface area contributed by atoms with Crippen LogP contribution in [0.5, 0.6) is 0 Å². The smallest absolute Gasteiger partial charge is 0.150 e. The number of hydrogen-bond donors (Lipinski definition) is 1. The summed E-state index contributed by atoms with van der Waals surface area (Å²) in [5, 5.41) is 4.38. The third-order valence-electron chi connectivity index (χ3n) is 3.52. The van der Waals surface area contributed by atoms with Gasteiger partial charge in [0.2, 0.25) is 0 Å². The molecule has 1 aliphatic rings. The number of nitrogens with two attached hydrogens (primary N) is 1. The van der Waals surface area contributed by atoms with Crippen molar-refractivity contribution >= 4 is 11.5 Å². The highest BCUT2D eigenvalue weighted by molar-refractivity contribution is 5.66. The van der Waals surface area contributed by atoms with Gasteiger partial charge in [-0.2, -0.15) is 5.10 Å². The monoisotopic (exact) mass is 222 g/mol. The summed E-state index contributed by atoms with van der Waals surface area (Å²) in [7, 11) is 1.98. The van der Waals surface area contributed by atoms with E-state index in [-0.39, 0.29) is 0 Å². The molecule has 0 radical (unpaired) electrons. The molecule has 1 fully saturated rings. The Morgan fingerprint density at radius 1 is 1.50 bits per heavy atom. The Hall–Kier alpha value is -1.19. The van der Waals surface area contributed by atoms with Gasteiger partial charge in [0.05, 0.1) is 11.4 Å². The molecule has 16 heavy (non-hydrogen) atoms. The Bertz CT molecular complexity index is 369. The molecule has 2 rings (SSSR count). The maximum absolute atomic E-state index is 6.08. The second kappa shape index (κ2) is 4.36. The standard InChI is InChI=1S/C12H22N4/c1-4-5-10-6-7-16(8-10)12-11(13)9(2)14-15(12)3/h10H,4-8,13H2,1-3H3. The molecule has 0 aliphatic carbocycles. The van der Waals surface area contributed by atoms with Gasteiger partial charge in [0, 0.05) is 20.1 Å². The summed E-state index contributed by atoms with van der Waals surface area (Å²) in [6.45, 7) is 6.48. The Kier molecular flexibility index (Phi) is 3.08. The molecule has 0 bridgehead atoms. The first-order valence-corrected chi connectivity index (χ1v) is 6.17. The van der Waals surface area contributed by atoms with Gasteiger partial charge in [0.25, 0.3) is 0 Å². The summed E-state index contributed by atoms with van der Waals surface area (Å²) in [4.78, 5) is 2.38. The third kappa shape index (κ3) is 1.88. The van der Waals surface area contributed by atoms with Crippen LogP contribution >= 0.6 is 0 Å². The van der Waals surface area contributed by atoms with Crippen LogP contribution in [-0.4, -0.2) is 22.9 Å². The average molecular weight is 222 g/mol. The van der Waals surface area contributed by atoms with Gasteiger partial charge in [-0.1, -0.05) is 13.3 Å². The first kappa shape index (κ1) is 11.3. The maximum Gasteiger partial charge on any atom is 0.150 e. The normalized spacial score (nSPS) is 20.7. The Morgan fingerprint density at radius 3 is 2.81 bits per heavy atom. The van der Waals surface area contributed by atoms with Crippen molar-refractivity contribution in [2.75, 3.05) is 23.7 Å². The summed E-state index contributed by atoms with van der Waals surface area (Å²) in [6, 6.07) is 0. The molecule has 1 aromatic heterocycles. The summed E-state index contributed by atoms with van der Waals surface area (Å²) < 4.78 is 1.92. The molecular formula is C12H22N4. The molecule has 4 heteroatoms. The van der Waals surface area contributed by atoms with Crippen LogP contribution in [-0.2, 0) is 7.05 Å². The van der Waals surface area contributed by atoms with Crippen molar-refractivity contribution in [3.05, 3.63) is 5.69 Å². The quantitative estimate of drug-likeness (QED) is 0.850. The van der Waals surface area contributed by atoms with Gasteiger partial charge >= 0.3 is 0 Å². The van der Waals surface area contributed by atoms with Gasteiger partial charge in [0.15, 0.2) is 0 Å². The highest BCUT2D eigenvalue weighted by atomic mass is 15.4. The van der Waals surface area contributed by atoms with Crippen molar-refractivity contribution in [2.45, 2.75) is 33.1 Å². The van der Waals surface area contributed by atoms with Gasteiger partial charge in [-0.15, -0.1) is 0 Å². The van der Waals surface area contributed by atoms with E-state index in [4.69, 9.17) is 5.73 Å². The molecule has 0 aromatic carbocycles. The van der Waals surface area contributed by atoms with E-state index in [2.05, 4.69) is 16.9 Å². The number of aryl methyl sites for hydroxylation is 2. The fraction of sp³-hybridized carbons (Fsp3) is 0.750. The molecule has 2 heterocycles. The highest BCUT2D eigenvalue weighted by Crippen LogP contribution is 2.31. The summed E-state index contributed by atoms with van der Waals surface area (Å²) >= 11 is 0. The molecule has 1 unspecified atom stereocenters. The van der Waals surface area contributed by atoms with E-state index < -0.39 is 0 Å². The Morgan fingerprint density at radius 2 is 2.25 bits per heavy atom. The number of hydrogen-bond acceptors (Lipinski definition) is 3. The van der Waals surface area contributed by atoms with Crippen molar-refractivity contribution in [1.29, 1.82) is 0 Å². The topological polar surface area (TPSA) is 47.1 Å². The number of nitrogens with zero attached hydrogens (tertiary/aromatic N) is 3. The molecule has 4 nitrogen and oxygen atoms in total. The predicted molar refractivity (Wildman–Crippen MR) is 67.6 cm³/mol. The second-order valence-electron chi connectivity index (χ2n) is 4.84. The summed E-state index contributed by atoms with van der Waals surface area (Å²) in [5.74, 6) is 1.94. The van der Waals surface area contributed by atoms with Crippen LogP contribution in [0.4, 0.5) is 11.5 Å². The fourth-order valence-corrected chi connectivity index (χ4v) is 2.71. The van der Waals surface area contributed by atoms with Crippen molar-refractivity contribution in [2.24, 2.45) is 13.0 Å². The molecular weight excluding hydrogens is 200 g/mol. The van der Waals surface area contributed by atoms with E-state index >= 15 is 0 Å². The fourth-order valence-electron chi connectivity index (χ4n) is 2.71. The zero-order valence-corrected chi connectivity index (χ0v) is 10.5. The molecule has 1 aliphatic heterocycles. The first-order chi connectivity index (χ1) is 7.63. The molecule has 0 saturated carbocycles. The van der Waals surface area contributed by atoms with Crippen LogP contribution in [0.2, 0.25) is 0 Å². The van der Waals surface area contributed by atoms with E-state index in [1.807, 2.05) is 18.7 Å². The van der Waals surface area contributed by atoms with Crippen LogP contribution in [0.25, 0.3) is 0 Å². The number of rotatable bonds is 3. The molecule has 1 aromatic rings. The largest absolute Gasteiger partial charge is 0.394 e. The summed E-state index contributed by atoms with van der Waals surface area (Å²) in [5.41, 5.74) is 7.87. The predicted octanol–water partition coefficient (Wildman–Crippen LogP) is 1.94. The minimum atomic E-state index is 0.833. The van der Waals surface area contributed by atoms with E-state index in [1.165, 1.54) is 19.3 Å². The average Bonchev–Trinajstić information content (AvgIpc) is 2.75. The SMILES string of the molecule is CCCC1CCN(c2c(N)c(C)nn2C)C1. The lowest BCUT2D eigenvalue weighted by Gasteiger charge is -2.19. The first-order valence-electron chi connectivity index (χ1n) is 6.17. The number of aromatic nitrogens is 2. The highest BCUT2D eigenvalue weighted by Gasteiger charge is 2.26. The van der Waals surface area contributed by atoms with E-state index in [1.54, 1.807) is 0 Å². The van der Waals surface area contributed by atoms with Crippen molar-refractivity contribution < 1.29 is 0 Å². The van der Waals surface area contributed by atoms with Crippen LogP contribution in [0, 0.1) is 12.8 Å². The zero-order chi connectivity index (χ0) is 11.7. The van der Waals surface area contributed by atoms with E-state index in [0.717, 1.165) is 36.2 Å². The van der Waals surface area contributed by atoms with E-state index in [0.29, 0.717) is 0 Å². The second-order valence-corrected chi connectivity index (χ2v) is 4.84. The molecule has 2 N–H and O–H groups in total. The van der Waals surface area contributed by atoms with Crippen LogP contribution in [0.3, 0.4) is 0 Å². The van der Waals surface area contributed by atoms with Crippen molar-refractivity contribution in [3.63, 3.8) is 0 Å². The molecule has 0 amide bonds. The molecule has 1 atom stereocenters. The van der Waals surface area contributed by atoms with Crippen molar-refractivity contribution in [1.82, 2.24) is 9.78 Å². The number of anilines is 2. The Labute approximate surface area is 97.4 Å². The molecule has 1 saturated heterocycles. The maximum atomic E-state index is 6.08. The van der Waals surface area contributed by atoms with Gasteiger partial charge in [0.1, 0.15) is 5.82 Å². The van der Waals surface area contributed by atoms with E-state index in [9.17, 15) is 0 Å². The molecule has 0 spiro atoms. The molecule has 90 valence electrons. The van der Waals surface area contributed by atoms with Gasteiger partial charge in [-0.3, -0.25) is 4.68 Å². The lowest BCUT2D eigenvalue weighted by molar-refractivity contribution is 0.529. The van der Waals surface area contributed by atoms with Crippen molar-refractivity contribution in [3.8, 4) is 0 Å².